The molecule has 3 aromatic carbocycles. The normalized spacial score (nSPS) is 15.2. The standard InChI is InChI=1S/C31H33F2IN2O2/c1-2-26(28-12-6-9-22-8-3-4-11-27(22)28)31(38)36-29(16-21-13-23(32)17-24(33)14-21)30(37)19-35-18-20-7-5-10-25(34)15-20/h3-5,7-8,10-15,17,26,29-30,35,37H,2,6,9,16,18-19H2,1H3,(H,36,38). The number of hydrogen-bond donors (Lipinski definition) is 3. The number of rotatable bonds is 11. The van der Waals surface area contributed by atoms with E-state index in [9.17, 15) is 18.7 Å². The maximum Gasteiger partial charge on any atom is 0.227 e. The van der Waals surface area contributed by atoms with E-state index in [-0.39, 0.29) is 18.9 Å². The van der Waals surface area contributed by atoms with Crippen LogP contribution in [0.1, 0.15) is 42.0 Å². The van der Waals surface area contributed by atoms with Crippen LogP contribution in [-0.4, -0.2) is 29.7 Å². The summed E-state index contributed by atoms with van der Waals surface area (Å²) in [5, 5.41) is 17.4. The highest BCUT2D eigenvalue weighted by Gasteiger charge is 2.29. The lowest BCUT2D eigenvalue weighted by Gasteiger charge is -2.29. The summed E-state index contributed by atoms with van der Waals surface area (Å²) in [5.41, 5.74) is 4.76. The quantitative estimate of drug-likeness (QED) is 0.235. The summed E-state index contributed by atoms with van der Waals surface area (Å²) in [6.07, 6.45) is 3.65. The number of nitrogens with one attached hydrogen (secondary N) is 2. The van der Waals surface area contributed by atoms with Gasteiger partial charge in [0.2, 0.25) is 5.91 Å². The molecule has 200 valence electrons. The van der Waals surface area contributed by atoms with Gasteiger partial charge in [-0.05, 0) is 100 Å². The smallest absolute Gasteiger partial charge is 0.227 e. The Balaban J connectivity index is 1.51. The van der Waals surface area contributed by atoms with Gasteiger partial charge in [-0.25, -0.2) is 8.78 Å². The van der Waals surface area contributed by atoms with Crippen LogP contribution in [0.4, 0.5) is 8.78 Å². The summed E-state index contributed by atoms with van der Waals surface area (Å²) in [4.78, 5) is 13.6. The second kappa shape index (κ2) is 13.4. The van der Waals surface area contributed by atoms with Gasteiger partial charge < -0.3 is 15.7 Å². The molecule has 7 heteroatoms. The first-order chi connectivity index (χ1) is 18.3. The fourth-order valence-electron chi connectivity index (χ4n) is 5.09. The number of aryl methyl sites for hydroxylation is 1. The van der Waals surface area contributed by atoms with Crippen molar-refractivity contribution in [3.63, 3.8) is 0 Å². The average Bonchev–Trinajstić information content (AvgIpc) is 2.88. The van der Waals surface area contributed by atoms with Crippen LogP contribution in [0.15, 0.2) is 72.8 Å². The van der Waals surface area contributed by atoms with Crippen LogP contribution in [0, 0.1) is 21.1 Å². The Morgan fingerprint density at radius 3 is 2.53 bits per heavy atom. The molecule has 0 aliphatic heterocycles. The second-order valence-corrected chi connectivity index (χ2v) is 11.0. The molecule has 1 aliphatic carbocycles. The molecule has 0 saturated heterocycles. The zero-order chi connectivity index (χ0) is 27.1. The molecule has 38 heavy (non-hydrogen) atoms. The van der Waals surface area contributed by atoms with Crippen molar-refractivity contribution in [1.29, 1.82) is 0 Å². The fraction of sp³-hybridized carbons (Fsp3) is 0.323. The minimum Gasteiger partial charge on any atom is -0.390 e. The average molecular weight is 631 g/mol. The van der Waals surface area contributed by atoms with Crippen LogP contribution in [0.25, 0.3) is 5.57 Å². The molecule has 1 amide bonds. The van der Waals surface area contributed by atoms with E-state index in [2.05, 4.69) is 51.4 Å². The highest BCUT2D eigenvalue weighted by Crippen LogP contribution is 2.33. The van der Waals surface area contributed by atoms with Crippen molar-refractivity contribution in [1.82, 2.24) is 10.6 Å². The van der Waals surface area contributed by atoms with Gasteiger partial charge in [0.05, 0.1) is 18.1 Å². The predicted molar refractivity (Wildman–Crippen MR) is 155 cm³/mol. The van der Waals surface area contributed by atoms with Gasteiger partial charge >= 0.3 is 0 Å². The lowest BCUT2D eigenvalue weighted by Crippen LogP contribution is -2.50. The second-order valence-electron chi connectivity index (χ2n) is 9.74. The minimum atomic E-state index is -0.974. The molecule has 4 rings (SSSR count). The van der Waals surface area contributed by atoms with E-state index in [1.807, 2.05) is 43.3 Å². The number of allylic oxidation sites excluding steroid dienone is 1. The molecule has 0 aromatic heterocycles. The number of benzene rings is 3. The maximum atomic E-state index is 13.9. The first kappa shape index (κ1) is 28.4. The third-order valence-electron chi connectivity index (χ3n) is 6.95. The van der Waals surface area contributed by atoms with Gasteiger partial charge in [-0.1, -0.05) is 49.4 Å². The van der Waals surface area contributed by atoms with Crippen molar-refractivity contribution in [2.24, 2.45) is 5.92 Å². The van der Waals surface area contributed by atoms with E-state index in [1.54, 1.807) is 0 Å². The van der Waals surface area contributed by atoms with Crippen molar-refractivity contribution in [3.8, 4) is 0 Å². The van der Waals surface area contributed by atoms with Gasteiger partial charge in [-0.2, -0.15) is 0 Å². The topological polar surface area (TPSA) is 61.4 Å². The van der Waals surface area contributed by atoms with E-state index in [1.165, 1.54) is 17.7 Å². The van der Waals surface area contributed by atoms with E-state index in [0.29, 0.717) is 18.5 Å². The Morgan fingerprint density at radius 1 is 1.03 bits per heavy atom. The Hall–Kier alpha value is -2.62. The highest BCUT2D eigenvalue weighted by molar-refractivity contribution is 14.1. The number of halogens is 3. The zero-order valence-corrected chi connectivity index (χ0v) is 23.5. The molecule has 1 aliphatic rings. The molecule has 3 unspecified atom stereocenters. The Morgan fingerprint density at radius 2 is 1.79 bits per heavy atom. The van der Waals surface area contributed by atoms with Gasteiger partial charge in [-0.3, -0.25) is 4.79 Å². The van der Waals surface area contributed by atoms with E-state index >= 15 is 0 Å². The lowest BCUT2D eigenvalue weighted by molar-refractivity contribution is -0.125. The van der Waals surface area contributed by atoms with E-state index < -0.39 is 29.7 Å². The molecule has 0 saturated carbocycles. The van der Waals surface area contributed by atoms with Gasteiger partial charge in [0.1, 0.15) is 11.6 Å². The monoisotopic (exact) mass is 630 g/mol. The van der Waals surface area contributed by atoms with Crippen LogP contribution in [0.3, 0.4) is 0 Å². The van der Waals surface area contributed by atoms with E-state index in [4.69, 9.17) is 0 Å². The Kier molecular flexibility index (Phi) is 10.0. The first-order valence-electron chi connectivity index (χ1n) is 13.0. The molecule has 0 fully saturated rings. The molecule has 3 aromatic rings. The van der Waals surface area contributed by atoms with Gasteiger partial charge in [0.15, 0.2) is 0 Å². The molecule has 0 spiro atoms. The van der Waals surface area contributed by atoms with Crippen LogP contribution < -0.4 is 10.6 Å². The lowest BCUT2D eigenvalue weighted by atomic mass is 9.82. The SMILES string of the molecule is CCC(C(=O)NC(Cc1cc(F)cc(F)c1)C(O)CNCc1cccc(I)c1)C1=CCCc2ccccc21. The predicted octanol–water partition coefficient (Wildman–Crippen LogP) is 5.80. The number of aliphatic hydroxyl groups excluding tert-OH is 1. The summed E-state index contributed by atoms with van der Waals surface area (Å²) in [6.45, 7) is 2.72. The number of amides is 1. The van der Waals surface area contributed by atoms with Crippen molar-refractivity contribution in [3.05, 3.63) is 110 Å². The summed E-state index contributed by atoms with van der Waals surface area (Å²) in [6, 6.07) is 18.7. The summed E-state index contributed by atoms with van der Waals surface area (Å²) in [7, 11) is 0. The molecule has 0 heterocycles. The molecule has 4 nitrogen and oxygen atoms in total. The van der Waals surface area contributed by atoms with E-state index in [0.717, 1.165) is 39.2 Å². The number of carbonyl (C=O) groups excluding carboxylic acids is 1. The summed E-state index contributed by atoms with van der Waals surface area (Å²) in [5.74, 6) is -1.97. The van der Waals surface area contributed by atoms with Crippen LogP contribution in [-0.2, 0) is 24.2 Å². The highest BCUT2D eigenvalue weighted by atomic mass is 127. The zero-order valence-electron chi connectivity index (χ0n) is 21.4. The van der Waals surface area contributed by atoms with Gasteiger partial charge in [0.25, 0.3) is 0 Å². The number of hydrogen-bond acceptors (Lipinski definition) is 3. The van der Waals surface area contributed by atoms with Crippen LogP contribution >= 0.6 is 22.6 Å². The molecular formula is C31H33F2IN2O2. The third kappa shape index (κ3) is 7.48. The van der Waals surface area contributed by atoms with Crippen LogP contribution in [0.2, 0.25) is 0 Å². The summed E-state index contributed by atoms with van der Waals surface area (Å²) < 4.78 is 29.0. The van der Waals surface area contributed by atoms with Crippen molar-refractivity contribution >= 4 is 34.1 Å². The first-order valence-corrected chi connectivity index (χ1v) is 14.1. The van der Waals surface area contributed by atoms with Crippen molar-refractivity contribution < 1.29 is 18.7 Å². The molecular weight excluding hydrogens is 597 g/mol. The molecule has 0 bridgehead atoms. The van der Waals surface area contributed by atoms with Crippen LogP contribution in [0.5, 0.6) is 0 Å². The molecule has 0 radical (unpaired) electrons. The van der Waals surface area contributed by atoms with Crippen molar-refractivity contribution in [2.45, 2.75) is 51.3 Å². The Bertz CT molecular complexity index is 1280. The minimum absolute atomic E-state index is 0.0958. The third-order valence-corrected chi connectivity index (χ3v) is 7.62. The molecule has 3 N–H and O–H groups in total. The number of carbonyl (C=O) groups is 1. The largest absolute Gasteiger partial charge is 0.390 e. The number of fused-ring (bicyclic) bond motifs is 1. The van der Waals surface area contributed by atoms with Gasteiger partial charge in [-0.15, -0.1) is 0 Å². The van der Waals surface area contributed by atoms with Crippen molar-refractivity contribution in [2.75, 3.05) is 6.54 Å². The fourth-order valence-corrected chi connectivity index (χ4v) is 5.70. The number of aliphatic hydroxyl groups is 1. The Labute approximate surface area is 236 Å². The van der Waals surface area contributed by atoms with Gasteiger partial charge in [0, 0.05) is 22.7 Å². The maximum absolute atomic E-state index is 13.9. The summed E-state index contributed by atoms with van der Waals surface area (Å²) >= 11 is 2.25. The molecule has 3 atom stereocenters.